The summed E-state index contributed by atoms with van der Waals surface area (Å²) in [6.45, 7) is 1.17. The molecule has 0 aromatic heterocycles. The highest BCUT2D eigenvalue weighted by Crippen LogP contribution is 2.51. The zero-order valence-corrected chi connectivity index (χ0v) is 22.3. The number of carbonyl (C=O) groups is 1. The van der Waals surface area contributed by atoms with Crippen LogP contribution in [0.4, 0.5) is 4.39 Å². The molecule has 10 heteroatoms. The minimum absolute atomic E-state index is 0. The van der Waals surface area contributed by atoms with Gasteiger partial charge in [0, 0.05) is 24.1 Å². The van der Waals surface area contributed by atoms with E-state index in [1.54, 1.807) is 18.2 Å². The molecule has 0 radical (unpaired) electrons. The lowest BCUT2D eigenvalue weighted by Crippen LogP contribution is -2.41. The molecule has 1 heterocycles. The third kappa shape index (κ3) is 6.14. The van der Waals surface area contributed by atoms with Crippen LogP contribution in [0, 0.1) is 5.82 Å². The van der Waals surface area contributed by atoms with Gasteiger partial charge in [-0.05, 0) is 54.8 Å². The molecule has 0 bridgehead atoms. The molecular weight excluding hydrogens is 525 g/mol. The summed E-state index contributed by atoms with van der Waals surface area (Å²) in [6, 6.07) is 14.8. The predicted molar refractivity (Wildman–Crippen MR) is 142 cm³/mol. The van der Waals surface area contributed by atoms with Gasteiger partial charge in [-0.3, -0.25) is 9.69 Å². The van der Waals surface area contributed by atoms with Gasteiger partial charge in [-0.25, -0.2) is 12.8 Å². The van der Waals surface area contributed by atoms with Crippen molar-refractivity contribution >= 4 is 45.5 Å². The van der Waals surface area contributed by atoms with Gasteiger partial charge in [-0.1, -0.05) is 54.2 Å². The van der Waals surface area contributed by atoms with E-state index in [0.29, 0.717) is 24.4 Å². The maximum Gasteiger partial charge on any atom is 0.320 e. The Kier molecular flexibility index (Phi) is 9.27. The molecule has 1 aliphatic heterocycles. The highest BCUT2D eigenvalue weighted by atomic mass is 35.5. The quantitative estimate of drug-likeness (QED) is 0.467. The number of benzene rings is 2. The summed E-state index contributed by atoms with van der Waals surface area (Å²) >= 11 is 1.06. The lowest BCUT2D eigenvalue weighted by molar-refractivity contribution is -0.142. The van der Waals surface area contributed by atoms with Crippen LogP contribution in [0.5, 0.6) is 0 Å². The number of rotatable bonds is 9. The van der Waals surface area contributed by atoms with E-state index in [1.807, 2.05) is 41.3 Å². The van der Waals surface area contributed by atoms with Gasteiger partial charge in [0.2, 0.25) is 0 Å². The van der Waals surface area contributed by atoms with E-state index in [4.69, 9.17) is 4.74 Å². The summed E-state index contributed by atoms with van der Waals surface area (Å²) in [5.74, 6) is -1.05. The maximum atomic E-state index is 14.0. The molecular formula is C26H29ClFNO5S2. The fraction of sp³-hybridized carbons (Fsp3) is 0.346. The minimum atomic E-state index is -3.76. The average Bonchev–Trinajstić information content (AvgIpc) is 3.29. The van der Waals surface area contributed by atoms with Crippen molar-refractivity contribution in [3.63, 3.8) is 0 Å². The third-order valence-corrected chi connectivity index (χ3v) is 10.2. The van der Waals surface area contributed by atoms with Gasteiger partial charge in [0.1, 0.15) is 24.2 Å². The van der Waals surface area contributed by atoms with Crippen LogP contribution < -0.4 is 0 Å². The number of carboxylic acid groups (broad SMARTS) is 1. The predicted octanol–water partition coefficient (Wildman–Crippen LogP) is 5.02. The fourth-order valence-corrected chi connectivity index (χ4v) is 7.51. The minimum Gasteiger partial charge on any atom is -0.494 e. The summed E-state index contributed by atoms with van der Waals surface area (Å²) < 4.78 is 45.4. The molecule has 4 rings (SSSR count). The van der Waals surface area contributed by atoms with Crippen LogP contribution in [0.15, 0.2) is 77.4 Å². The zero-order chi connectivity index (χ0) is 25.1. The Morgan fingerprint density at radius 2 is 1.94 bits per heavy atom. The van der Waals surface area contributed by atoms with E-state index in [9.17, 15) is 22.7 Å². The number of thioether (sulfide) groups is 1. The molecule has 1 unspecified atom stereocenters. The van der Waals surface area contributed by atoms with E-state index in [1.165, 1.54) is 18.4 Å². The van der Waals surface area contributed by atoms with Crippen molar-refractivity contribution in [2.45, 2.75) is 34.3 Å². The van der Waals surface area contributed by atoms with Gasteiger partial charge in [0.05, 0.1) is 0 Å². The normalized spacial score (nSPS) is 22.3. The van der Waals surface area contributed by atoms with Crippen molar-refractivity contribution in [1.82, 2.24) is 4.90 Å². The van der Waals surface area contributed by atoms with E-state index < -0.39 is 31.7 Å². The van der Waals surface area contributed by atoms with Crippen molar-refractivity contribution in [3.05, 3.63) is 83.9 Å². The van der Waals surface area contributed by atoms with E-state index in [2.05, 4.69) is 0 Å². The summed E-state index contributed by atoms with van der Waals surface area (Å²) in [5, 5.41) is 9.43. The topological polar surface area (TPSA) is 83.9 Å². The van der Waals surface area contributed by atoms with E-state index >= 15 is 0 Å². The Morgan fingerprint density at radius 3 is 2.61 bits per heavy atom. The molecule has 2 aromatic carbocycles. The first kappa shape index (κ1) is 28.2. The number of hydrogen-bond acceptors (Lipinski definition) is 6. The lowest BCUT2D eigenvalue weighted by atomic mass is 9.96. The molecule has 2 atom stereocenters. The number of ether oxygens (including phenoxy) is 1. The highest BCUT2D eigenvalue weighted by molar-refractivity contribution is 8.14. The number of nitrogens with zero attached hydrogens (tertiary/aromatic N) is 1. The van der Waals surface area contributed by atoms with Gasteiger partial charge >= 0.3 is 5.97 Å². The number of allylic oxidation sites excluding steroid dienone is 3. The van der Waals surface area contributed by atoms with Crippen molar-refractivity contribution in [2.24, 2.45) is 0 Å². The van der Waals surface area contributed by atoms with Crippen LogP contribution in [0.1, 0.15) is 24.8 Å². The molecule has 0 spiro atoms. The first-order valence-corrected chi connectivity index (χ1v) is 14.1. The molecule has 6 nitrogen and oxygen atoms in total. The van der Waals surface area contributed by atoms with Gasteiger partial charge in [-0.15, -0.1) is 12.4 Å². The second kappa shape index (κ2) is 11.8. The fourth-order valence-electron chi connectivity index (χ4n) is 4.55. The number of sulfone groups is 1. The maximum absolute atomic E-state index is 14.0. The SMILES string of the molecule is CS(=O)(=O)C1(Sc2cccc(F)c2)CC(c2ccccc2)=CC=C1OCCN1CCC[C@H]1C(=O)O.Cl. The van der Waals surface area contributed by atoms with Gasteiger partial charge in [0.25, 0.3) is 0 Å². The second-order valence-electron chi connectivity index (χ2n) is 8.73. The molecule has 0 amide bonds. The number of halogens is 2. The lowest BCUT2D eigenvalue weighted by Gasteiger charge is -2.36. The molecule has 1 aliphatic carbocycles. The average molecular weight is 554 g/mol. The third-order valence-electron chi connectivity index (χ3n) is 6.34. The molecule has 1 saturated heterocycles. The van der Waals surface area contributed by atoms with Crippen LogP contribution in [-0.2, 0) is 19.4 Å². The first-order valence-electron chi connectivity index (χ1n) is 11.4. The first-order chi connectivity index (χ1) is 16.7. The molecule has 194 valence electrons. The van der Waals surface area contributed by atoms with E-state index in [-0.39, 0.29) is 31.2 Å². The van der Waals surface area contributed by atoms with Gasteiger partial charge in [0.15, 0.2) is 13.9 Å². The number of likely N-dealkylation sites (tertiary alicyclic amines) is 1. The monoisotopic (exact) mass is 553 g/mol. The van der Waals surface area contributed by atoms with E-state index in [0.717, 1.165) is 29.3 Å². The number of hydrogen-bond donors (Lipinski definition) is 1. The largest absolute Gasteiger partial charge is 0.494 e. The summed E-state index contributed by atoms with van der Waals surface area (Å²) in [6.07, 6.45) is 6.24. The van der Waals surface area contributed by atoms with Crippen molar-refractivity contribution in [1.29, 1.82) is 0 Å². The Bertz CT molecular complexity index is 1250. The molecule has 1 N–H and O–H groups in total. The van der Waals surface area contributed by atoms with Crippen molar-refractivity contribution < 1.29 is 27.4 Å². The summed E-state index contributed by atoms with van der Waals surface area (Å²) in [4.78, 5) is 13.8. The molecule has 36 heavy (non-hydrogen) atoms. The standard InChI is InChI=1S/C26H28FNO5S2.ClH/c1-35(31,32)26(34-22-10-5-9-21(27)17-22)18-20(19-7-3-2-4-8-19)12-13-24(26)33-16-15-28-14-6-11-23(28)25(29)30;/h2-5,7-10,12-13,17,23H,6,11,14-16,18H2,1H3,(H,29,30);1H/t23-,26?;/m0./s1. The Hall–Kier alpha value is -2.33. The van der Waals surface area contributed by atoms with Gasteiger partial charge < -0.3 is 9.84 Å². The Morgan fingerprint density at radius 1 is 1.19 bits per heavy atom. The number of aliphatic carboxylic acids is 1. The van der Waals surface area contributed by atoms with Crippen LogP contribution in [-0.4, -0.2) is 60.5 Å². The second-order valence-corrected chi connectivity index (χ2v) is 12.6. The molecule has 1 fully saturated rings. The highest BCUT2D eigenvalue weighted by Gasteiger charge is 2.49. The van der Waals surface area contributed by atoms with Crippen molar-refractivity contribution in [2.75, 3.05) is 26.0 Å². The Balaban J connectivity index is 0.00000361. The summed E-state index contributed by atoms with van der Waals surface area (Å²) in [5.41, 5.74) is 1.73. The van der Waals surface area contributed by atoms with Crippen LogP contribution in [0.3, 0.4) is 0 Å². The van der Waals surface area contributed by atoms with Crippen LogP contribution in [0.25, 0.3) is 5.57 Å². The van der Waals surface area contributed by atoms with Crippen LogP contribution >= 0.6 is 24.2 Å². The zero-order valence-electron chi connectivity index (χ0n) is 19.8. The Labute approximate surface area is 221 Å². The summed E-state index contributed by atoms with van der Waals surface area (Å²) in [7, 11) is -3.76. The van der Waals surface area contributed by atoms with Gasteiger partial charge in [-0.2, -0.15) is 0 Å². The smallest absolute Gasteiger partial charge is 0.320 e. The molecule has 2 aromatic rings. The molecule has 0 saturated carbocycles. The van der Waals surface area contributed by atoms with Crippen molar-refractivity contribution in [3.8, 4) is 0 Å². The van der Waals surface area contributed by atoms with Crippen LogP contribution in [0.2, 0.25) is 0 Å². The molecule has 2 aliphatic rings. The number of carboxylic acids is 1.